The normalized spacial score (nSPS) is 25.2. The van der Waals surface area contributed by atoms with Gasteiger partial charge in [0.25, 0.3) is 0 Å². The summed E-state index contributed by atoms with van der Waals surface area (Å²) in [5.41, 5.74) is 0.927. The Morgan fingerprint density at radius 2 is 2.28 bits per heavy atom. The van der Waals surface area contributed by atoms with Gasteiger partial charge in [0.2, 0.25) is 0 Å². The Kier molecular flexibility index (Phi) is 1.99. The van der Waals surface area contributed by atoms with E-state index < -0.39 is 6.17 Å². The summed E-state index contributed by atoms with van der Waals surface area (Å²) in [7, 11) is 0. The molecule has 1 atom stereocenters. The van der Waals surface area contributed by atoms with Gasteiger partial charge in [0.05, 0.1) is 22.5 Å². The largest absolute Gasteiger partial charge is 0.346 e. The van der Waals surface area contributed by atoms with Gasteiger partial charge in [-0.05, 0) is 25.0 Å². The smallest absolute Gasteiger partial charge is 0.160 e. The maximum atomic E-state index is 13.7. The molecule has 2 aromatic rings. The predicted molar refractivity (Wildman–Crippen MR) is 69.9 cm³/mol. The number of nitrogens with one attached hydrogen (secondary N) is 1. The third kappa shape index (κ3) is 1.32. The van der Waals surface area contributed by atoms with Crippen molar-refractivity contribution in [2.75, 3.05) is 11.4 Å². The van der Waals surface area contributed by atoms with Gasteiger partial charge in [0.1, 0.15) is 6.17 Å². The maximum Gasteiger partial charge on any atom is 0.160 e. The second-order valence-electron chi connectivity index (χ2n) is 5.35. The highest BCUT2D eigenvalue weighted by Gasteiger charge is 2.55. The fraction of sp³-hybridized carbons (Fsp3) is 0.462. The summed E-state index contributed by atoms with van der Waals surface area (Å²) in [5.74, 6) is 0.813. The number of halogens is 2. The zero-order valence-electron chi connectivity index (χ0n) is 9.79. The van der Waals surface area contributed by atoms with E-state index in [4.69, 9.17) is 11.6 Å². The lowest BCUT2D eigenvalue weighted by molar-refractivity contribution is 0.354. The van der Waals surface area contributed by atoms with E-state index in [9.17, 15) is 4.39 Å². The third-order valence-electron chi connectivity index (χ3n) is 4.16. The third-order valence-corrected chi connectivity index (χ3v) is 4.47. The molecule has 1 saturated heterocycles. The Morgan fingerprint density at radius 3 is 3.06 bits per heavy atom. The van der Waals surface area contributed by atoms with Crippen LogP contribution in [0.3, 0.4) is 0 Å². The maximum absolute atomic E-state index is 13.7. The molecule has 1 spiro atoms. The summed E-state index contributed by atoms with van der Waals surface area (Å²) in [6.07, 6.45) is 2.01. The number of anilines is 1. The first-order chi connectivity index (χ1) is 8.70. The number of nitrogens with zero attached hydrogens (tertiary/aromatic N) is 2. The minimum absolute atomic E-state index is 0.0146. The molecule has 2 fully saturated rings. The first-order valence-electron chi connectivity index (χ1n) is 6.24. The van der Waals surface area contributed by atoms with Crippen LogP contribution in [0.4, 0.5) is 10.2 Å². The van der Waals surface area contributed by atoms with Gasteiger partial charge in [-0.1, -0.05) is 17.7 Å². The van der Waals surface area contributed by atoms with E-state index in [1.807, 2.05) is 18.2 Å². The average Bonchev–Trinajstić information content (AvgIpc) is 2.84. The SMILES string of the molecule is FC1CN(c2n[nH]c3cccc(Cl)c23)C2(CC2)C1. The van der Waals surface area contributed by atoms with Gasteiger partial charge in [-0.2, -0.15) is 5.10 Å². The van der Waals surface area contributed by atoms with Crippen LogP contribution in [0.5, 0.6) is 0 Å². The zero-order chi connectivity index (χ0) is 12.3. The summed E-state index contributed by atoms with van der Waals surface area (Å²) >= 11 is 6.25. The molecule has 18 heavy (non-hydrogen) atoms. The summed E-state index contributed by atoms with van der Waals surface area (Å²) in [5, 5.41) is 8.94. The Balaban J connectivity index is 1.88. The Morgan fingerprint density at radius 1 is 1.44 bits per heavy atom. The number of alkyl halides is 1. The van der Waals surface area contributed by atoms with Crippen LogP contribution in [0.2, 0.25) is 5.02 Å². The predicted octanol–water partition coefficient (Wildman–Crippen LogP) is 3.30. The quantitative estimate of drug-likeness (QED) is 0.858. The van der Waals surface area contributed by atoms with Crippen LogP contribution in [-0.2, 0) is 0 Å². The average molecular weight is 266 g/mol. The molecular formula is C13H13ClFN3. The molecule has 1 aliphatic carbocycles. The highest BCUT2D eigenvalue weighted by atomic mass is 35.5. The monoisotopic (exact) mass is 265 g/mol. The number of H-pyrrole nitrogens is 1. The second kappa shape index (κ2) is 3.38. The molecule has 2 heterocycles. The molecule has 1 aliphatic heterocycles. The van der Waals surface area contributed by atoms with Crippen LogP contribution in [0.1, 0.15) is 19.3 Å². The van der Waals surface area contributed by atoms with E-state index in [2.05, 4.69) is 15.1 Å². The first-order valence-corrected chi connectivity index (χ1v) is 6.62. The first kappa shape index (κ1) is 10.6. The summed E-state index contributed by atoms with van der Waals surface area (Å²) in [4.78, 5) is 2.11. The molecule has 0 radical (unpaired) electrons. The van der Waals surface area contributed by atoms with Crippen molar-refractivity contribution >= 4 is 28.3 Å². The molecule has 4 rings (SSSR count). The number of benzene rings is 1. The number of aromatic amines is 1. The molecule has 1 aromatic heterocycles. The van der Waals surface area contributed by atoms with Gasteiger partial charge < -0.3 is 4.90 Å². The fourth-order valence-electron chi connectivity index (χ4n) is 3.12. The molecule has 2 aliphatic rings. The van der Waals surface area contributed by atoms with Crippen molar-refractivity contribution in [1.29, 1.82) is 0 Å². The Labute approximate surface area is 109 Å². The van der Waals surface area contributed by atoms with Crippen LogP contribution in [0, 0.1) is 0 Å². The topological polar surface area (TPSA) is 31.9 Å². The molecule has 1 saturated carbocycles. The van der Waals surface area contributed by atoms with Crippen molar-refractivity contribution < 1.29 is 4.39 Å². The van der Waals surface area contributed by atoms with Crippen LogP contribution in [0.25, 0.3) is 10.9 Å². The summed E-state index contributed by atoms with van der Waals surface area (Å²) < 4.78 is 13.7. The van der Waals surface area contributed by atoms with Crippen molar-refractivity contribution in [3.8, 4) is 0 Å². The minimum Gasteiger partial charge on any atom is -0.346 e. The number of hydrogen-bond donors (Lipinski definition) is 1. The van der Waals surface area contributed by atoms with Crippen LogP contribution in [-0.4, -0.2) is 28.5 Å². The lowest BCUT2D eigenvalue weighted by atomic mass is 10.2. The molecule has 1 aromatic carbocycles. The van der Waals surface area contributed by atoms with Gasteiger partial charge in [-0.25, -0.2) is 4.39 Å². The number of aromatic nitrogens is 2. The van der Waals surface area contributed by atoms with E-state index >= 15 is 0 Å². The summed E-state index contributed by atoms with van der Waals surface area (Å²) in [6, 6.07) is 5.69. The zero-order valence-corrected chi connectivity index (χ0v) is 10.5. The van der Waals surface area contributed by atoms with E-state index in [0.29, 0.717) is 18.0 Å². The molecule has 3 nitrogen and oxygen atoms in total. The number of fused-ring (bicyclic) bond motifs is 1. The van der Waals surface area contributed by atoms with Gasteiger partial charge in [-0.3, -0.25) is 5.10 Å². The van der Waals surface area contributed by atoms with Gasteiger partial charge in [0.15, 0.2) is 5.82 Å². The molecule has 94 valence electrons. The van der Waals surface area contributed by atoms with Crippen LogP contribution >= 0.6 is 11.6 Å². The minimum atomic E-state index is -0.748. The Bertz CT molecular complexity index is 620. The highest BCUT2D eigenvalue weighted by molar-refractivity contribution is 6.36. The lowest BCUT2D eigenvalue weighted by Crippen LogP contribution is -2.31. The number of hydrogen-bond acceptors (Lipinski definition) is 2. The fourth-order valence-corrected chi connectivity index (χ4v) is 3.38. The molecule has 5 heteroatoms. The van der Waals surface area contributed by atoms with E-state index in [-0.39, 0.29) is 5.54 Å². The van der Waals surface area contributed by atoms with Crippen molar-refractivity contribution in [3.63, 3.8) is 0 Å². The van der Waals surface area contributed by atoms with Crippen molar-refractivity contribution in [2.24, 2.45) is 0 Å². The van der Waals surface area contributed by atoms with E-state index in [1.165, 1.54) is 0 Å². The molecule has 1 unspecified atom stereocenters. The van der Waals surface area contributed by atoms with E-state index in [0.717, 1.165) is 29.6 Å². The van der Waals surface area contributed by atoms with Gasteiger partial charge in [0, 0.05) is 12.0 Å². The second-order valence-corrected chi connectivity index (χ2v) is 5.75. The molecule has 1 N–H and O–H groups in total. The molecular weight excluding hydrogens is 253 g/mol. The van der Waals surface area contributed by atoms with Gasteiger partial charge in [-0.15, -0.1) is 0 Å². The van der Waals surface area contributed by atoms with Crippen molar-refractivity contribution in [1.82, 2.24) is 10.2 Å². The number of rotatable bonds is 1. The highest BCUT2D eigenvalue weighted by Crippen LogP contribution is 2.53. The van der Waals surface area contributed by atoms with Crippen LogP contribution < -0.4 is 4.90 Å². The van der Waals surface area contributed by atoms with E-state index in [1.54, 1.807) is 0 Å². The molecule has 0 bridgehead atoms. The standard InChI is InChI=1S/C13H13ClFN3/c14-9-2-1-3-10-11(9)12(17-16-10)18-7-8(15)6-13(18)4-5-13/h1-3,8H,4-7H2,(H,16,17). The molecule has 0 amide bonds. The Hall–Kier alpha value is -1.29. The van der Waals surface area contributed by atoms with Crippen LogP contribution in [0.15, 0.2) is 18.2 Å². The van der Waals surface area contributed by atoms with Crippen molar-refractivity contribution in [3.05, 3.63) is 23.2 Å². The van der Waals surface area contributed by atoms with Gasteiger partial charge >= 0.3 is 0 Å². The van der Waals surface area contributed by atoms with Crippen molar-refractivity contribution in [2.45, 2.75) is 31.0 Å². The lowest BCUT2D eigenvalue weighted by Gasteiger charge is -2.23. The summed E-state index contributed by atoms with van der Waals surface area (Å²) in [6.45, 7) is 0.436.